The number of anilines is 1. The molecule has 0 radical (unpaired) electrons. The first-order chi connectivity index (χ1) is 7.04. The third-order valence-corrected chi connectivity index (χ3v) is 2.29. The Morgan fingerprint density at radius 2 is 2.20 bits per heavy atom. The number of hydrogen-bond donors (Lipinski definition) is 1. The van der Waals surface area contributed by atoms with E-state index in [-0.39, 0.29) is 0 Å². The first-order valence-electron chi connectivity index (χ1n) is 5.48. The van der Waals surface area contributed by atoms with Gasteiger partial charge in [0.15, 0.2) is 0 Å². The molecule has 1 rings (SSSR count). The summed E-state index contributed by atoms with van der Waals surface area (Å²) in [7, 11) is 4.18. The van der Waals surface area contributed by atoms with E-state index in [4.69, 9.17) is 0 Å². The molecular weight excluding hydrogens is 188 g/mol. The molecule has 0 saturated heterocycles. The average Bonchev–Trinajstić information content (AvgIpc) is 2.46. The van der Waals surface area contributed by atoms with Crippen LogP contribution in [0.5, 0.6) is 0 Å². The zero-order chi connectivity index (χ0) is 11.4. The van der Waals surface area contributed by atoms with Crippen molar-refractivity contribution >= 4 is 5.95 Å². The number of rotatable bonds is 5. The molecule has 1 N–H and O–H groups in total. The molecule has 4 nitrogen and oxygen atoms in total. The van der Waals surface area contributed by atoms with Crippen molar-refractivity contribution in [1.82, 2.24) is 14.5 Å². The average molecular weight is 210 g/mol. The summed E-state index contributed by atoms with van der Waals surface area (Å²) in [4.78, 5) is 6.65. The highest BCUT2D eigenvalue weighted by Crippen LogP contribution is 2.16. The van der Waals surface area contributed by atoms with Crippen LogP contribution in [-0.2, 0) is 0 Å². The predicted octanol–water partition coefficient (Wildman–Crippen LogP) is 1.75. The molecule has 0 fully saturated rings. The topological polar surface area (TPSA) is 33.1 Å². The van der Waals surface area contributed by atoms with Gasteiger partial charge in [0.1, 0.15) is 0 Å². The SMILES string of the molecule is CCNc1nc(C)cn1C(C)CN(C)C. The second kappa shape index (κ2) is 5.16. The van der Waals surface area contributed by atoms with Crippen molar-refractivity contribution in [2.45, 2.75) is 26.8 Å². The fourth-order valence-electron chi connectivity index (χ4n) is 1.76. The maximum absolute atomic E-state index is 4.46. The van der Waals surface area contributed by atoms with Crippen LogP contribution in [0.1, 0.15) is 25.6 Å². The molecule has 0 aromatic carbocycles. The molecule has 0 saturated carbocycles. The third-order valence-electron chi connectivity index (χ3n) is 2.29. The number of aromatic nitrogens is 2. The van der Waals surface area contributed by atoms with Gasteiger partial charge >= 0.3 is 0 Å². The van der Waals surface area contributed by atoms with Crippen LogP contribution in [-0.4, -0.2) is 41.6 Å². The minimum absolute atomic E-state index is 0.440. The molecule has 15 heavy (non-hydrogen) atoms. The van der Waals surface area contributed by atoms with Crippen LogP contribution in [0.25, 0.3) is 0 Å². The largest absolute Gasteiger partial charge is 0.356 e. The van der Waals surface area contributed by atoms with E-state index in [0.717, 1.165) is 24.7 Å². The van der Waals surface area contributed by atoms with E-state index in [1.165, 1.54) is 0 Å². The molecule has 1 atom stereocenters. The van der Waals surface area contributed by atoms with Gasteiger partial charge in [0.2, 0.25) is 5.95 Å². The normalized spacial score (nSPS) is 13.2. The molecule has 0 aliphatic heterocycles. The van der Waals surface area contributed by atoms with E-state index < -0.39 is 0 Å². The van der Waals surface area contributed by atoms with E-state index in [1.54, 1.807) is 0 Å². The lowest BCUT2D eigenvalue weighted by Crippen LogP contribution is -2.23. The zero-order valence-electron chi connectivity index (χ0n) is 10.4. The summed E-state index contributed by atoms with van der Waals surface area (Å²) in [5.74, 6) is 0.976. The summed E-state index contributed by atoms with van der Waals surface area (Å²) in [6, 6.07) is 0.440. The maximum atomic E-state index is 4.46. The van der Waals surface area contributed by atoms with E-state index in [2.05, 4.69) is 53.9 Å². The molecule has 0 spiro atoms. The quantitative estimate of drug-likeness (QED) is 0.803. The summed E-state index contributed by atoms with van der Waals surface area (Å²) < 4.78 is 2.21. The molecule has 1 aromatic rings. The number of hydrogen-bond acceptors (Lipinski definition) is 3. The number of aryl methyl sites for hydroxylation is 1. The number of imidazole rings is 1. The summed E-state index contributed by atoms with van der Waals surface area (Å²) in [6.07, 6.45) is 2.10. The van der Waals surface area contributed by atoms with Gasteiger partial charge in [-0.05, 0) is 34.9 Å². The minimum atomic E-state index is 0.440. The van der Waals surface area contributed by atoms with Gasteiger partial charge in [-0.3, -0.25) is 0 Å². The highest BCUT2D eigenvalue weighted by Gasteiger charge is 2.11. The Hall–Kier alpha value is -1.03. The molecule has 0 amide bonds. The van der Waals surface area contributed by atoms with Crippen LogP contribution < -0.4 is 5.32 Å². The van der Waals surface area contributed by atoms with Gasteiger partial charge in [-0.15, -0.1) is 0 Å². The monoisotopic (exact) mass is 210 g/mol. The van der Waals surface area contributed by atoms with E-state index in [0.29, 0.717) is 6.04 Å². The van der Waals surface area contributed by atoms with Gasteiger partial charge in [-0.1, -0.05) is 0 Å². The first kappa shape index (κ1) is 12.0. The zero-order valence-corrected chi connectivity index (χ0v) is 10.4. The fraction of sp³-hybridized carbons (Fsp3) is 0.727. The molecule has 0 aliphatic carbocycles. The van der Waals surface area contributed by atoms with Crippen LogP contribution in [0.15, 0.2) is 6.20 Å². The summed E-state index contributed by atoms with van der Waals surface area (Å²) in [6.45, 7) is 8.26. The molecule has 0 aliphatic rings. The van der Waals surface area contributed by atoms with Crippen LogP contribution in [0.4, 0.5) is 5.95 Å². The van der Waals surface area contributed by atoms with Crippen molar-refractivity contribution in [1.29, 1.82) is 0 Å². The minimum Gasteiger partial charge on any atom is -0.356 e. The Bertz CT molecular complexity index is 304. The molecule has 1 heterocycles. The Kier molecular flexibility index (Phi) is 4.15. The second-order valence-electron chi connectivity index (χ2n) is 4.25. The van der Waals surface area contributed by atoms with Gasteiger partial charge < -0.3 is 14.8 Å². The van der Waals surface area contributed by atoms with Crippen molar-refractivity contribution in [2.75, 3.05) is 32.5 Å². The smallest absolute Gasteiger partial charge is 0.203 e. The summed E-state index contributed by atoms with van der Waals surface area (Å²) in [5.41, 5.74) is 1.07. The standard InChI is InChI=1S/C11H22N4/c1-6-12-11-13-9(2)7-15(11)10(3)8-14(4)5/h7,10H,6,8H2,1-5H3,(H,12,13). The van der Waals surface area contributed by atoms with E-state index in [1.807, 2.05) is 6.92 Å². The number of nitrogens with one attached hydrogen (secondary N) is 1. The third kappa shape index (κ3) is 3.23. The fourth-order valence-corrected chi connectivity index (χ4v) is 1.76. The molecular formula is C11H22N4. The van der Waals surface area contributed by atoms with Crippen LogP contribution in [0.2, 0.25) is 0 Å². The van der Waals surface area contributed by atoms with Crippen molar-refractivity contribution in [3.63, 3.8) is 0 Å². The van der Waals surface area contributed by atoms with Crippen molar-refractivity contribution < 1.29 is 0 Å². The predicted molar refractivity (Wildman–Crippen MR) is 64.4 cm³/mol. The van der Waals surface area contributed by atoms with Gasteiger partial charge in [0.05, 0.1) is 5.69 Å². The summed E-state index contributed by atoms with van der Waals surface area (Å²) >= 11 is 0. The second-order valence-corrected chi connectivity index (χ2v) is 4.25. The lowest BCUT2D eigenvalue weighted by atomic mass is 10.3. The number of nitrogens with zero attached hydrogens (tertiary/aromatic N) is 3. The van der Waals surface area contributed by atoms with Gasteiger partial charge in [-0.2, -0.15) is 0 Å². The molecule has 1 aromatic heterocycles. The molecule has 86 valence electrons. The lowest BCUT2D eigenvalue weighted by molar-refractivity contribution is 0.338. The van der Waals surface area contributed by atoms with Gasteiger partial charge in [-0.25, -0.2) is 4.98 Å². The van der Waals surface area contributed by atoms with Crippen LogP contribution >= 0.6 is 0 Å². The Morgan fingerprint density at radius 1 is 1.53 bits per heavy atom. The Labute approximate surface area is 92.3 Å². The molecule has 0 bridgehead atoms. The van der Waals surface area contributed by atoms with Crippen molar-refractivity contribution in [2.24, 2.45) is 0 Å². The maximum Gasteiger partial charge on any atom is 0.203 e. The highest BCUT2D eigenvalue weighted by molar-refractivity contribution is 5.29. The van der Waals surface area contributed by atoms with Crippen molar-refractivity contribution in [3.8, 4) is 0 Å². The van der Waals surface area contributed by atoms with Crippen LogP contribution in [0.3, 0.4) is 0 Å². The van der Waals surface area contributed by atoms with Crippen LogP contribution in [0, 0.1) is 6.92 Å². The van der Waals surface area contributed by atoms with E-state index >= 15 is 0 Å². The number of likely N-dealkylation sites (N-methyl/N-ethyl adjacent to an activating group) is 1. The van der Waals surface area contributed by atoms with E-state index in [9.17, 15) is 0 Å². The Morgan fingerprint density at radius 3 is 2.73 bits per heavy atom. The molecule has 4 heteroatoms. The highest BCUT2D eigenvalue weighted by atomic mass is 15.2. The summed E-state index contributed by atoms with van der Waals surface area (Å²) in [5, 5.41) is 3.28. The first-order valence-corrected chi connectivity index (χ1v) is 5.48. The molecule has 1 unspecified atom stereocenters. The van der Waals surface area contributed by atoms with Gasteiger partial charge in [0, 0.05) is 25.3 Å². The Balaban J connectivity index is 2.81. The van der Waals surface area contributed by atoms with Gasteiger partial charge in [0.25, 0.3) is 0 Å². The van der Waals surface area contributed by atoms with Crippen molar-refractivity contribution in [3.05, 3.63) is 11.9 Å². The lowest BCUT2D eigenvalue weighted by Gasteiger charge is -2.20.